The summed E-state index contributed by atoms with van der Waals surface area (Å²) < 4.78 is 0. The van der Waals surface area contributed by atoms with Crippen LogP contribution in [0.25, 0.3) is 0 Å². The molecule has 1 rings (SSSR count). The molecule has 1 amide bonds. The lowest BCUT2D eigenvalue weighted by molar-refractivity contribution is -0.119. The van der Waals surface area contributed by atoms with Crippen LogP contribution in [-0.2, 0) is 4.79 Å². The summed E-state index contributed by atoms with van der Waals surface area (Å²) in [6.07, 6.45) is 7.37. The maximum Gasteiger partial charge on any atom is 0.219 e. The minimum atomic E-state index is -0.173. The molecule has 0 bridgehead atoms. The highest BCUT2D eigenvalue weighted by atomic mass is 16.1. The number of nitrogens with two attached hydrogens (primary N) is 1. The average molecular weight is 240 g/mol. The fourth-order valence-corrected chi connectivity index (χ4v) is 2.87. The summed E-state index contributed by atoms with van der Waals surface area (Å²) in [5, 5.41) is 3.59. The Morgan fingerprint density at radius 3 is 2.53 bits per heavy atom. The van der Waals surface area contributed by atoms with Crippen LogP contribution in [0, 0.1) is 5.41 Å². The molecule has 1 saturated carbocycles. The second-order valence-electron chi connectivity index (χ2n) is 6.37. The molecule has 0 aromatic rings. The van der Waals surface area contributed by atoms with Crippen LogP contribution < -0.4 is 11.1 Å². The van der Waals surface area contributed by atoms with E-state index in [-0.39, 0.29) is 11.4 Å². The van der Waals surface area contributed by atoms with Crippen molar-refractivity contribution in [2.75, 3.05) is 6.54 Å². The zero-order chi connectivity index (χ0) is 12.9. The lowest BCUT2D eigenvalue weighted by atomic mass is 9.82. The van der Waals surface area contributed by atoms with Gasteiger partial charge in [-0.3, -0.25) is 4.79 Å². The molecular weight excluding hydrogens is 212 g/mol. The van der Waals surface area contributed by atoms with E-state index in [1.165, 1.54) is 19.3 Å². The van der Waals surface area contributed by atoms with Gasteiger partial charge in [-0.15, -0.1) is 0 Å². The van der Waals surface area contributed by atoms with Crippen molar-refractivity contribution in [3.63, 3.8) is 0 Å². The Hall–Kier alpha value is -0.570. The quantitative estimate of drug-likeness (QED) is 0.726. The predicted molar refractivity (Wildman–Crippen MR) is 71.7 cm³/mol. The molecule has 0 radical (unpaired) electrons. The molecule has 1 unspecified atom stereocenters. The Labute approximate surface area is 106 Å². The van der Waals surface area contributed by atoms with Crippen LogP contribution in [0.15, 0.2) is 0 Å². The van der Waals surface area contributed by atoms with Crippen molar-refractivity contribution < 1.29 is 4.79 Å². The van der Waals surface area contributed by atoms with Gasteiger partial charge in [-0.05, 0) is 44.1 Å². The number of carbonyl (C=O) groups is 1. The van der Waals surface area contributed by atoms with Gasteiger partial charge >= 0.3 is 0 Å². The molecule has 3 N–H and O–H groups in total. The minimum Gasteiger partial charge on any atom is -0.370 e. The smallest absolute Gasteiger partial charge is 0.219 e. The maximum absolute atomic E-state index is 11.3. The SMILES string of the molecule is CCCNC1(CC(N)=O)CCCC(C)(C)CC1. The Morgan fingerprint density at radius 2 is 1.94 bits per heavy atom. The van der Waals surface area contributed by atoms with Crippen LogP contribution in [0.4, 0.5) is 0 Å². The van der Waals surface area contributed by atoms with E-state index >= 15 is 0 Å². The number of carbonyl (C=O) groups excluding carboxylic acids is 1. The fraction of sp³-hybridized carbons (Fsp3) is 0.929. The molecular formula is C14H28N2O. The number of hydrogen-bond acceptors (Lipinski definition) is 2. The first-order valence-corrected chi connectivity index (χ1v) is 6.92. The van der Waals surface area contributed by atoms with Crippen LogP contribution in [-0.4, -0.2) is 18.0 Å². The molecule has 1 aliphatic rings. The van der Waals surface area contributed by atoms with E-state index < -0.39 is 0 Å². The van der Waals surface area contributed by atoms with Gasteiger partial charge in [0.1, 0.15) is 0 Å². The van der Waals surface area contributed by atoms with Gasteiger partial charge in [0.05, 0.1) is 0 Å². The second kappa shape index (κ2) is 5.85. The zero-order valence-corrected chi connectivity index (χ0v) is 11.6. The lowest BCUT2D eigenvalue weighted by Gasteiger charge is -2.34. The average Bonchev–Trinajstić information content (AvgIpc) is 2.35. The summed E-state index contributed by atoms with van der Waals surface area (Å²) in [5.74, 6) is -0.173. The predicted octanol–water partition coefficient (Wildman–Crippen LogP) is 2.59. The summed E-state index contributed by atoms with van der Waals surface area (Å²) in [6, 6.07) is 0. The van der Waals surface area contributed by atoms with E-state index in [0.29, 0.717) is 11.8 Å². The highest BCUT2D eigenvalue weighted by Crippen LogP contribution is 2.39. The van der Waals surface area contributed by atoms with Gasteiger partial charge in [0, 0.05) is 12.0 Å². The Kier molecular flexibility index (Phi) is 4.99. The van der Waals surface area contributed by atoms with E-state index in [2.05, 4.69) is 26.1 Å². The van der Waals surface area contributed by atoms with Crippen LogP contribution in [0.5, 0.6) is 0 Å². The van der Waals surface area contributed by atoms with Crippen molar-refractivity contribution in [3.8, 4) is 0 Å². The molecule has 17 heavy (non-hydrogen) atoms. The molecule has 1 atom stereocenters. The van der Waals surface area contributed by atoms with E-state index in [1.807, 2.05) is 0 Å². The fourth-order valence-electron chi connectivity index (χ4n) is 2.87. The highest BCUT2D eigenvalue weighted by Gasteiger charge is 2.36. The summed E-state index contributed by atoms with van der Waals surface area (Å²) in [4.78, 5) is 11.3. The van der Waals surface area contributed by atoms with E-state index in [4.69, 9.17) is 5.73 Å². The maximum atomic E-state index is 11.3. The molecule has 100 valence electrons. The molecule has 0 aliphatic heterocycles. The van der Waals surface area contributed by atoms with Gasteiger partial charge in [-0.1, -0.05) is 27.2 Å². The summed E-state index contributed by atoms with van der Waals surface area (Å²) in [7, 11) is 0. The van der Waals surface area contributed by atoms with E-state index in [9.17, 15) is 4.79 Å². The van der Waals surface area contributed by atoms with Crippen LogP contribution in [0.3, 0.4) is 0 Å². The molecule has 0 aromatic heterocycles. The Morgan fingerprint density at radius 1 is 1.24 bits per heavy atom. The lowest BCUT2D eigenvalue weighted by Crippen LogP contribution is -2.48. The Bertz CT molecular complexity index is 263. The monoisotopic (exact) mass is 240 g/mol. The third kappa shape index (κ3) is 4.66. The zero-order valence-electron chi connectivity index (χ0n) is 11.6. The van der Waals surface area contributed by atoms with Crippen molar-refractivity contribution in [2.45, 2.75) is 71.3 Å². The van der Waals surface area contributed by atoms with Gasteiger partial charge < -0.3 is 11.1 Å². The first kappa shape index (κ1) is 14.5. The molecule has 0 aromatic carbocycles. The third-order valence-corrected chi connectivity index (χ3v) is 4.05. The van der Waals surface area contributed by atoms with Crippen LogP contribution in [0.1, 0.15) is 65.7 Å². The third-order valence-electron chi connectivity index (χ3n) is 4.05. The minimum absolute atomic E-state index is 0.0321. The molecule has 3 nitrogen and oxygen atoms in total. The van der Waals surface area contributed by atoms with Gasteiger partial charge in [0.25, 0.3) is 0 Å². The molecule has 0 saturated heterocycles. The molecule has 0 spiro atoms. The normalized spacial score (nSPS) is 28.6. The van der Waals surface area contributed by atoms with Crippen molar-refractivity contribution in [2.24, 2.45) is 11.1 Å². The molecule has 1 aliphatic carbocycles. The van der Waals surface area contributed by atoms with Gasteiger partial charge in [0.15, 0.2) is 0 Å². The highest BCUT2D eigenvalue weighted by molar-refractivity contribution is 5.75. The topological polar surface area (TPSA) is 55.1 Å². The summed E-state index contributed by atoms with van der Waals surface area (Å²) in [6.45, 7) is 7.79. The Balaban J connectivity index is 2.71. The summed E-state index contributed by atoms with van der Waals surface area (Å²) in [5.41, 5.74) is 5.80. The molecule has 0 heterocycles. The van der Waals surface area contributed by atoms with E-state index in [1.54, 1.807) is 0 Å². The second-order valence-corrected chi connectivity index (χ2v) is 6.37. The van der Waals surface area contributed by atoms with E-state index in [0.717, 1.165) is 25.8 Å². The van der Waals surface area contributed by atoms with Gasteiger partial charge in [-0.25, -0.2) is 0 Å². The van der Waals surface area contributed by atoms with Gasteiger partial charge in [0.2, 0.25) is 5.91 Å². The number of rotatable bonds is 5. The van der Waals surface area contributed by atoms with Crippen molar-refractivity contribution >= 4 is 5.91 Å². The summed E-state index contributed by atoms with van der Waals surface area (Å²) >= 11 is 0. The number of hydrogen-bond donors (Lipinski definition) is 2. The molecule has 3 heteroatoms. The molecule has 1 fully saturated rings. The first-order valence-electron chi connectivity index (χ1n) is 6.92. The van der Waals surface area contributed by atoms with Crippen molar-refractivity contribution in [1.82, 2.24) is 5.32 Å². The largest absolute Gasteiger partial charge is 0.370 e. The van der Waals surface area contributed by atoms with Crippen molar-refractivity contribution in [3.05, 3.63) is 0 Å². The van der Waals surface area contributed by atoms with Crippen LogP contribution in [0.2, 0.25) is 0 Å². The first-order chi connectivity index (χ1) is 7.89. The number of nitrogens with one attached hydrogen (secondary N) is 1. The number of amides is 1. The van der Waals surface area contributed by atoms with Gasteiger partial charge in [-0.2, -0.15) is 0 Å². The standard InChI is InChI=1S/C14H28N2O/c1-4-10-16-14(11-12(15)17)7-5-6-13(2,3)8-9-14/h16H,4-11H2,1-3H3,(H2,15,17). The number of primary amides is 1. The van der Waals surface area contributed by atoms with Crippen LogP contribution >= 0.6 is 0 Å². The van der Waals surface area contributed by atoms with Crippen molar-refractivity contribution in [1.29, 1.82) is 0 Å².